The molecule has 1 aliphatic rings. The van der Waals surface area contributed by atoms with Gasteiger partial charge < -0.3 is 16.0 Å². The van der Waals surface area contributed by atoms with Gasteiger partial charge in [0.15, 0.2) is 5.78 Å². The second kappa shape index (κ2) is 7.67. The number of aromatic nitrogens is 2. The first-order chi connectivity index (χ1) is 14.4. The van der Waals surface area contributed by atoms with Crippen LogP contribution in [0.3, 0.4) is 0 Å². The van der Waals surface area contributed by atoms with Crippen LogP contribution in [0.4, 0.5) is 17.2 Å². The molecular weight excluding hydrogens is 382 g/mol. The number of nitrogens with one attached hydrogen (secondary N) is 4. The van der Waals surface area contributed by atoms with E-state index < -0.39 is 0 Å². The lowest BCUT2D eigenvalue weighted by Gasteiger charge is -2.07. The minimum Gasteiger partial charge on any atom is -0.346 e. The van der Waals surface area contributed by atoms with Gasteiger partial charge in [0.05, 0.1) is 11.3 Å². The number of nitrogens with zero attached hydrogens (tertiary/aromatic N) is 1. The maximum atomic E-state index is 13.0. The summed E-state index contributed by atoms with van der Waals surface area (Å²) >= 11 is 0. The molecule has 2 heterocycles. The lowest BCUT2D eigenvalue weighted by molar-refractivity contribution is -0.114. The highest BCUT2D eigenvalue weighted by Gasteiger charge is 2.25. The number of ketones is 1. The zero-order valence-corrected chi connectivity index (χ0v) is 16.4. The maximum Gasteiger partial charge on any atom is 0.257 e. The number of carbonyl (C=O) groups is 3. The molecule has 0 bridgehead atoms. The molecule has 4 N–H and O–H groups in total. The molecule has 0 spiro atoms. The van der Waals surface area contributed by atoms with Gasteiger partial charge in [-0.05, 0) is 37.3 Å². The molecule has 0 radical (unpaired) electrons. The molecule has 0 unspecified atom stereocenters. The van der Waals surface area contributed by atoms with Crippen molar-refractivity contribution in [3.63, 3.8) is 0 Å². The highest BCUT2D eigenvalue weighted by atomic mass is 16.2. The molecule has 0 fully saturated rings. The molecule has 3 aromatic rings. The van der Waals surface area contributed by atoms with E-state index in [9.17, 15) is 14.4 Å². The molecule has 4 rings (SSSR count). The largest absolute Gasteiger partial charge is 0.346 e. The van der Waals surface area contributed by atoms with Crippen molar-refractivity contribution < 1.29 is 14.4 Å². The number of amides is 2. The Labute approximate surface area is 172 Å². The van der Waals surface area contributed by atoms with E-state index in [0.717, 1.165) is 5.69 Å². The first-order valence-corrected chi connectivity index (χ1v) is 9.27. The smallest absolute Gasteiger partial charge is 0.257 e. The summed E-state index contributed by atoms with van der Waals surface area (Å²) in [5.74, 6) is -0.0217. The number of anilines is 3. The summed E-state index contributed by atoms with van der Waals surface area (Å²) in [6, 6.07) is 13.6. The molecule has 150 valence electrons. The molecule has 2 amide bonds. The number of H-pyrrole nitrogens is 1. The summed E-state index contributed by atoms with van der Waals surface area (Å²) in [5, 5.41) is 15.3. The Kier molecular flexibility index (Phi) is 4.89. The molecule has 30 heavy (non-hydrogen) atoms. The van der Waals surface area contributed by atoms with Crippen LogP contribution in [-0.4, -0.2) is 27.8 Å². The Morgan fingerprint density at radius 1 is 1.07 bits per heavy atom. The Balaban J connectivity index is 1.63. The number of carbonyl (C=O) groups excluding carboxylic acids is 3. The van der Waals surface area contributed by atoms with Crippen LogP contribution in [0.25, 0.3) is 5.57 Å². The highest BCUT2D eigenvalue weighted by molar-refractivity contribution is 6.32. The topological polar surface area (TPSA) is 116 Å². The third-order valence-corrected chi connectivity index (χ3v) is 4.59. The number of rotatable bonds is 5. The van der Waals surface area contributed by atoms with Gasteiger partial charge in [-0.25, -0.2) is 0 Å². The molecule has 0 aliphatic carbocycles. The van der Waals surface area contributed by atoms with Crippen LogP contribution < -0.4 is 16.0 Å². The summed E-state index contributed by atoms with van der Waals surface area (Å²) in [6.07, 6.45) is 1.58. The monoisotopic (exact) mass is 401 g/mol. The molecule has 1 aromatic heterocycles. The number of hydrogen-bond donors (Lipinski definition) is 4. The van der Waals surface area contributed by atoms with Crippen LogP contribution in [0.2, 0.25) is 0 Å². The zero-order valence-electron chi connectivity index (χ0n) is 16.4. The van der Waals surface area contributed by atoms with Crippen LogP contribution in [0.5, 0.6) is 0 Å². The fraction of sp³-hybridized carbons (Fsp3) is 0.0909. The summed E-state index contributed by atoms with van der Waals surface area (Å²) in [6.45, 7) is 3.26. The second-order valence-electron chi connectivity index (χ2n) is 6.93. The molecule has 1 aliphatic heterocycles. The van der Waals surface area contributed by atoms with Gasteiger partial charge in [-0.3, -0.25) is 19.5 Å². The molecule has 8 heteroatoms. The standard InChI is InChI=1S/C22H19N5O3/c1-12-8-20(27-26-12)23-11-18-17-10-15(6-7-19(17)25-22(18)30)21(29)14-4-3-5-16(9-14)24-13(2)28/h3-11H,1-2H3,(H,24,28)(H,25,30)(H2,23,26,27)/b18-11-. The number of benzene rings is 2. The average molecular weight is 401 g/mol. The first kappa shape index (κ1) is 19.1. The minimum absolute atomic E-state index is 0.208. The van der Waals surface area contributed by atoms with Crippen molar-refractivity contribution in [3.8, 4) is 0 Å². The van der Waals surface area contributed by atoms with E-state index in [1.165, 1.54) is 6.92 Å². The van der Waals surface area contributed by atoms with Crippen LogP contribution >= 0.6 is 0 Å². The van der Waals surface area contributed by atoms with Crippen molar-refractivity contribution in [2.24, 2.45) is 0 Å². The second-order valence-corrected chi connectivity index (χ2v) is 6.93. The normalized spacial score (nSPS) is 13.7. The average Bonchev–Trinajstić information content (AvgIpc) is 3.27. The fourth-order valence-corrected chi connectivity index (χ4v) is 3.23. The summed E-state index contributed by atoms with van der Waals surface area (Å²) in [5.41, 5.74) is 3.93. The molecule has 2 aromatic carbocycles. The Hall–Kier alpha value is -4.20. The van der Waals surface area contributed by atoms with Gasteiger partial charge in [-0.1, -0.05) is 12.1 Å². The molecule has 0 atom stereocenters. The van der Waals surface area contributed by atoms with Gasteiger partial charge in [-0.15, -0.1) is 0 Å². The van der Waals surface area contributed by atoms with E-state index in [1.54, 1.807) is 48.7 Å². The first-order valence-electron chi connectivity index (χ1n) is 9.27. The third-order valence-electron chi connectivity index (χ3n) is 4.59. The van der Waals surface area contributed by atoms with Gasteiger partial charge in [0.25, 0.3) is 5.91 Å². The Bertz CT molecular complexity index is 1210. The van der Waals surface area contributed by atoms with Crippen molar-refractivity contribution >= 4 is 40.4 Å². The van der Waals surface area contributed by atoms with E-state index in [-0.39, 0.29) is 17.6 Å². The fourth-order valence-electron chi connectivity index (χ4n) is 3.23. The van der Waals surface area contributed by atoms with Crippen molar-refractivity contribution in [1.82, 2.24) is 10.2 Å². The predicted molar refractivity (Wildman–Crippen MR) is 114 cm³/mol. The van der Waals surface area contributed by atoms with Crippen molar-refractivity contribution in [3.05, 3.63) is 77.1 Å². The lowest BCUT2D eigenvalue weighted by atomic mass is 9.98. The van der Waals surface area contributed by atoms with Crippen molar-refractivity contribution in [2.75, 3.05) is 16.0 Å². The number of aryl methyl sites for hydroxylation is 1. The van der Waals surface area contributed by atoms with Crippen LogP contribution in [0, 0.1) is 6.92 Å². The van der Waals surface area contributed by atoms with E-state index in [1.807, 2.05) is 13.0 Å². The quantitative estimate of drug-likeness (QED) is 0.387. The number of aromatic amines is 1. The van der Waals surface area contributed by atoms with E-state index in [0.29, 0.717) is 39.5 Å². The minimum atomic E-state index is -0.258. The molecule has 0 saturated heterocycles. The lowest BCUT2D eigenvalue weighted by Crippen LogP contribution is -2.07. The van der Waals surface area contributed by atoms with Crippen LogP contribution in [-0.2, 0) is 9.59 Å². The Morgan fingerprint density at radius 2 is 1.87 bits per heavy atom. The van der Waals surface area contributed by atoms with Gasteiger partial charge in [-0.2, -0.15) is 5.10 Å². The predicted octanol–water partition coefficient (Wildman–Crippen LogP) is 3.31. The third kappa shape index (κ3) is 3.83. The van der Waals surface area contributed by atoms with Crippen LogP contribution in [0.15, 0.2) is 54.7 Å². The SMILES string of the molecule is CC(=O)Nc1cccc(C(=O)c2ccc3c(c2)/C(=C/Nc2cc(C)n[nH]2)C(=O)N3)c1. The zero-order chi connectivity index (χ0) is 21.3. The van der Waals surface area contributed by atoms with E-state index in [4.69, 9.17) is 0 Å². The van der Waals surface area contributed by atoms with Gasteiger partial charge in [0, 0.05) is 47.3 Å². The van der Waals surface area contributed by atoms with Gasteiger partial charge in [0.2, 0.25) is 5.91 Å². The van der Waals surface area contributed by atoms with Gasteiger partial charge >= 0.3 is 0 Å². The maximum absolute atomic E-state index is 13.0. The highest BCUT2D eigenvalue weighted by Crippen LogP contribution is 2.33. The summed E-state index contributed by atoms with van der Waals surface area (Å²) in [7, 11) is 0. The van der Waals surface area contributed by atoms with Crippen molar-refractivity contribution in [2.45, 2.75) is 13.8 Å². The Morgan fingerprint density at radius 3 is 2.60 bits per heavy atom. The number of hydrogen-bond acceptors (Lipinski definition) is 5. The molecule has 8 nitrogen and oxygen atoms in total. The van der Waals surface area contributed by atoms with Gasteiger partial charge in [0.1, 0.15) is 5.82 Å². The van der Waals surface area contributed by atoms with Crippen LogP contribution in [0.1, 0.15) is 34.1 Å². The molecule has 0 saturated carbocycles. The van der Waals surface area contributed by atoms with E-state index >= 15 is 0 Å². The molecular formula is C22H19N5O3. The van der Waals surface area contributed by atoms with Crippen molar-refractivity contribution in [1.29, 1.82) is 0 Å². The number of fused-ring (bicyclic) bond motifs is 1. The summed E-state index contributed by atoms with van der Waals surface area (Å²) < 4.78 is 0. The summed E-state index contributed by atoms with van der Waals surface area (Å²) in [4.78, 5) is 36.6. The van der Waals surface area contributed by atoms with E-state index in [2.05, 4.69) is 26.1 Å².